The lowest BCUT2D eigenvalue weighted by atomic mass is 9.85. The van der Waals surface area contributed by atoms with Gasteiger partial charge in [-0.25, -0.2) is 9.97 Å². The van der Waals surface area contributed by atoms with Crippen LogP contribution in [0.1, 0.15) is 29.0 Å². The maximum atomic E-state index is 9.06. The van der Waals surface area contributed by atoms with E-state index in [1.165, 1.54) is 22.2 Å². The predicted octanol–water partition coefficient (Wildman–Crippen LogP) is 2.49. The van der Waals surface area contributed by atoms with E-state index >= 15 is 0 Å². The normalized spacial score (nSPS) is 19.5. The molecule has 0 saturated heterocycles. The van der Waals surface area contributed by atoms with Gasteiger partial charge in [0.15, 0.2) is 0 Å². The van der Waals surface area contributed by atoms with E-state index < -0.39 is 0 Å². The van der Waals surface area contributed by atoms with Gasteiger partial charge in [0, 0.05) is 22.6 Å². The summed E-state index contributed by atoms with van der Waals surface area (Å²) in [5, 5.41) is 10.3. The lowest BCUT2D eigenvalue weighted by Crippen LogP contribution is -2.14. The van der Waals surface area contributed by atoms with E-state index in [0.717, 1.165) is 29.8 Å². The smallest absolute Gasteiger partial charge is 0.127 e. The monoisotopic (exact) mass is 248 g/mol. The molecule has 0 spiro atoms. The summed E-state index contributed by atoms with van der Waals surface area (Å²) in [6.07, 6.45) is 6.01. The predicted molar refractivity (Wildman–Crippen MR) is 69.4 cm³/mol. The Bertz CT molecular complexity index is 550. The summed E-state index contributed by atoms with van der Waals surface area (Å²) in [6.45, 7) is 2.37. The van der Waals surface area contributed by atoms with Gasteiger partial charge in [0.1, 0.15) is 11.2 Å². The second-order valence-corrected chi connectivity index (χ2v) is 5.85. The molecule has 0 amide bonds. The highest BCUT2D eigenvalue weighted by molar-refractivity contribution is 7.18. The SMILES string of the molecule is Cc1ncnc2sc3c(c12)CC(CCO)CC3. The molecule has 1 atom stereocenters. The molecule has 2 aromatic rings. The van der Waals surface area contributed by atoms with Gasteiger partial charge in [-0.2, -0.15) is 0 Å². The lowest BCUT2D eigenvalue weighted by Gasteiger charge is -2.21. The largest absolute Gasteiger partial charge is 0.396 e. The molecule has 0 aromatic carbocycles. The average molecular weight is 248 g/mol. The average Bonchev–Trinajstić information content (AvgIpc) is 2.68. The third-order valence-electron chi connectivity index (χ3n) is 3.67. The number of hydrogen-bond acceptors (Lipinski definition) is 4. The number of rotatable bonds is 2. The van der Waals surface area contributed by atoms with Gasteiger partial charge in [-0.1, -0.05) is 0 Å². The third-order valence-corrected chi connectivity index (χ3v) is 4.87. The summed E-state index contributed by atoms with van der Waals surface area (Å²) >= 11 is 1.82. The Kier molecular flexibility index (Phi) is 2.84. The molecular formula is C13H16N2OS. The molecule has 2 heterocycles. The molecule has 2 aromatic heterocycles. The molecule has 1 aliphatic rings. The van der Waals surface area contributed by atoms with Crippen LogP contribution in [0.15, 0.2) is 6.33 Å². The van der Waals surface area contributed by atoms with E-state index in [0.29, 0.717) is 12.5 Å². The molecule has 1 aliphatic carbocycles. The van der Waals surface area contributed by atoms with Gasteiger partial charge in [0.05, 0.1) is 0 Å². The Morgan fingerprint density at radius 3 is 3.18 bits per heavy atom. The highest BCUT2D eigenvalue weighted by Gasteiger charge is 2.23. The number of aryl methyl sites for hydroxylation is 2. The first-order chi connectivity index (χ1) is 8.29. The summed E-state index contributed by atoms with van der Waals surface area (Å²) in [6, 6.07) is 0. The Labute approximate surface area is 105 Å². The minimum absolute atomic E-state index is 0.303. The zero-order chi connectivity index (χ0) is 11.8. The molecule has 3 nitrogen and oxygen atoms in total. The minimum atomic E-state index is 0.303. The number of aliphatic hydroxyl groups excluding tert-OH is 1. The molecule has 1 unspecified atom stereocenters. The van der Waals surface area contributed by atoms with E-state index in [1.807, 2.05) is 11.3 Å². The van der Waals surface area contributed by atoms with E-state index in [4.69, 9.17) is 5.11 Å². The van der Waals surface area contributed by atoms with E-state index in [1.54, 1.807) is 6.33 Å². The van der Waals surface area contributed by atoms with Gasteiger partial charge in [0.25, 0.3) is 0 Å². The zero-order valence-electron chi connectivity index (χ0n) is 9.94. The fraction of sp³-hybridized carbons (Fsp3) is 0.538. The van der Waals surface area contributed by atoms with E-state index in [2.05, 4.69) is 16.9 Å². The molecule has 0 saturated carbocycles. The molecule has 1 N–H and O–H groups in total. The van der Waals surface area contributed by atoms with Gasteiger partial charge in [-0.3, -0.25) is 0 Å². The van der Waals surface area contributed by atoms with Crippen LogP contribution in [0.3, 0.4) is 0 Å². The van der Waals surface area contributed by atoms with Crippen LogP contribution in [0.5, 0.6) is 0 Å². The van der Waals surface area contributed by atoms with Crippen molar-refractivity contribution in [2.75, 3.05) is 6.61 Å². The molecule has 0 aliphatic heterocycles. The number of fused-ring (bicyclic) bond motifs is 3. The standard InChI is InChI=1S/C13H16N2OS/c1-8-12-10-6-9(4-5-16)2-3-11(10)17-13(12)15-7-14-8/h7,9,16H,2-6H2,1H3. The van der Waals surface area contributed by atoms with E-state index in [9.17, 15) is 0 Å². The second-order valence-electron chi connectivity index (χ2n) is 4.76. The number of hydrogen-bond donors (Lipinski definition) is 1. The molecule has 3 rings (SSSR count). The van der Waals surface area contributed by atoms with Gasteiger partial charge in [0.2, 0.25) is 0 Å². The lowest BCUT2D eigenvalue weighted by molar-refractivity contribution is 0.249. The van der Waals surface area contributed by atoms with Crippen molar-refractivity contribution in [2.24, 2.45) is 5.92 Å². The molecule has 4 heteroatoms. The van der Waals surface area contributed by atoms with Gasteiger partial charge >= 0.3 is 0 Å². The van der Waals surface area contributed by atoms with Crippen molar-refractivity contribution in [3.63, 3.8) is 0 Å². The van der Waals surface area contributed by atoms with Crippen LogP contribution >= 0.6 is 11.3 Å². The van der Waals surface area contributed by atoms with Crippen molar-refractivity contribution < 1.29 is 5.11 Å². The van der Waals surface area contributed by atoms with Crippen LogP contribution < -0.4 is 0 Å². The maximum absolute atomic E-state index is 9.06. The van der Waals surface area contributed by atoms with Crippen LogP contribution in [0.2, 0.25) is 0 Å². The highest BCUT2D eigenvalue weighted by atomic mass is 32.1. The van der Waals surface area contributed by atoms with Gasteiger partial charge in [-0.05, 0) is 44.1 Å². The summed E-state index contributed by atoms with van der Waals surface area (Å²) in [5.41, 5.74) is 2.55. The number of thiophene rings is 1. The van der Waals surface area contributed by atoms with Crippen molar-refractivity contribution >= 4 is 21.6 Å². The van der Waals surface area contributed by atoms with Crippen molar-refractivity contribution in [2.45, 2.75) is 32.6 Å². The van der Waals surface area contributed by atoms with E-state index in [-0.39, 0.29) is 0 Å². The number of aromatic nitrogens is 2. The fourth-order valence-corrected chi connectivity index (χ4v) is 4.00. The maximum Gasteiger partial charge on any atom is 0.127 e. The van der Waals surface area contributed by atoms with Crippen LogP contribution in [-0.4, -0.2) is 21.7 Å². The van der Waals surface area contributed by atoms with Gasteiger partial charge < -0.3 is 5.11 Å². The van der Waals surface area contributed by atoms with Crippen LogP contribution in [0.4, 0.5) is 0 Å². The third kappa shape index (κ3) is 1.85. The topological polar surface area (TPSA) is 46.0 Å². The first kappa shape index (κ1) is 11.1. The number of aliphatic hydroxyl groups is 1. The van der Waals surface area contributed by atoms with Gasteiger partial charge in [-0.15, -0.1) is 11.3 Å². The van der Waals surface area contributed by atoms with Crippen LogP contribution in [-0.2, 0) is 12.8 Å². The molecule has 17 heavy (non-hydrogen) atoms. The first-order valence-electron chi connectivity index (χ1n) is 6.12. The quantitative estimate of drug-likeness (QED) is 0.888. The fourth-order valence-electron chi connectivity index (χ4n) is 2.77. The molecular weight excluding hydrogens is 232 g/mol. The van der Waals surface area contributed by atoms with Crippen molar-refractivity contribution in [3.8, 4) is 0 Å². The minimum Gasteiger partial charge on any atom is -0.396 e. The zero-order valence-corrected chi connectivity index (χ0v) is 10.8. The summed E-state index contributed by atoms with van der Waals surface area (Å²) in [5.74, 6) is 0.630. The Morgan fingerprint density at radius 2 is 2.35 bits per heavy atom. The molecule has 0 fully saturated rings. The summed E-state index contributed by atoms with van der Waals surface area (Å²) < 4.78 is 0. The van der Waals surface area contributed by atoms with Crippen molar-refractivity contribution in [3.05, 3.63) is 22.5 Å². The highest BCUT2D eigenvalue weighted by Crippen LogP contribution is 2.38. The van der Waals surface area contributed by atoms with Crippen LogP contribution in [0.25, 0.3) is 10.2 Å². The van der Waals surface area contributed by atoms with Crippen molar-refractivity contribution in [1.82, 2.24) is 9.97 Å². The Hall–Kier alpha value is -1.00. The molecule has 90 valence electrons. The molecule has 0 bridgehead atoms. The molecule has 0 radical (unpaired) electrons. The Morgan fingerprint density at radius 1 is 1.47 bits per heavy atom. The number of nitrogens with zero attached hydrogens (tertiary/aromatic N) is 2. The summed E-state index contributed by atoms with van der Waals surface area (Å²) in [7, 11) is 0. The first-order valence-corrected chi connectivity index (χ1v) is 6.94. The van der Waals surface area contributed by atoms with Crippen LogP contribution in [0, 0.1) is 12.8 Å². The summed E-state index contributed by atoms with van der Waals surface area (Å²) in [4.78, 5) is 11.3. The second kappa shape index (κ2) is 4.35. The Balaban J connectivity index is 2.08. The van der Waals surface area contributed by atoms with Crippen molar-refractivity contribution in [1.29, 1.82) is 0 Å².